The Labute approximate surface area is 107 Å². The van der Waals surface area contributed by atoms with Gasteiger partial charge in [-0.1, -0.05) is 6.07 Å². The van der Waals surface area contributed by atoms with Gasteiger partial charge in [-0.3, -0.25) is 4.79 Å². The van der Waals surface area contributed by atoms with Crippen LogP contribution in [0.1, 0.15) is 25.7 Å². The van der Waals surface area contributed by atoms with Gasteiger partial charge < -0.3 is 15.2 Å². The van der Waals surface area contributed by atoms with Gasteiger partial charge in [0.25, 0.3) is 0 Å². The second-order valence-electron chi connectivity index (χ2n) is 4.70. The molecule has 0 spiro atoms. The molecule has 0 aliphatic carbocycles. The molecule has 2 rings (SSSR count). The van der Waals surface area contributed by atoms with Crippen molar-refractivity contribution in [3.05, 3.63) is 24.3 Å². The highest BCUT2D eigenvalue weighted by atomic mass is 16.5. The van der Waals surface area contributed by atoms with Crippen molar-refractivity contribution in [2.45, 2.75) is 25.7 Å². The number of rotatable bonds is 4. The molecule has 1 heterocycles. The molecule has 1 aliphatic heterocycles. The second-order valence-corrected chi connectivity index (χ2v) is 4.70. The van der Waals surface area contributed by atoms with Gasteiger partial charge in [0.05, 0.1) is 0 Å². The van der Waals surface area contributed by atoms with Crippen molar-refractivity contribution in [3.63, 3.8) is 0 Å². The summed E-state index contributed by atoms with van der Waals surface area (Å²) in [6.45, 7) is 2.10. The number of phenolic OH excluding ortho intramolecular Hbond substituents is 1. The summed E-state index contributed by atoms with van der Waals surface area (Å²) in [6, 6.07) is 6.32. The van der Waals surface area contributed by atoms with E-state index in [0.717, 1.165) is 32.4 Å². The molecule has 0 bridgehead atoms. The van der Waals surface area contributed by atoms with Crippen LogP contribution < -0.4 is 10.1 Å². The summed E-state index contributed by atoms with van der Waals surface area (Å²) < 4.78 is 5.17. The lowest BCUT2D eigenvalue weighted by molar-refractivity contribution is -0.134. The first kappa shape index (κ1) is 12.9. The third-order valence-electron chi connectivity index (χ3n) is 3.26. The number of benzene rings is 1. The maximum absolute atomic E-state index is 11.6. The molecule has 1 aliphatic rings. The number of piperidine rings is 1. The fourth-order valence-corrected chi connectivity index (χ4v) is 2.22. The minimum atomic E-state index is -0.223. The quantitative estimate of drug-likeness (QED) is 0.633. The van der Waals surface area contributed by atoms with Gasteiger partial charge in [-0.05, 0) is 50.4 Å². The molecule has 0 atom stereocenters. The van der Waals surface area contributed by atoms with Crippen molar-refractivity contribution in [2.75, 3.05) is 13.1 Å². The maximum Gasteiger partial charge on any atom is 0.311 e. The average molecular weight is 249 g/mol. The lowest BCUT2D eigenvalue weighted by Gasteiger charge is -2.21. The van der Waals surface area contributed by atoms with Crippen LogP contribution in [0.2, 0.25) is 0 Å². The van der Waals surface area contributed by atoms with E-state index in [1.165, 1.54) is 6.07 Å². The molecular weight excluding hydrogens is 230 g/mol. The number of aromatic hydroxyl groups is 1. The minimum Gasteiger partial charge on any atom is -0.508 e. The summed E-state index contributed by atoms with van der Waals surface area (Å²) >= 11 is 0. The zero-order valence-electron chi connectivity index (χ0n) is 10.4. The standard InChI is InChI=1S/C14H19NO3/c16-12-2-1-3-13(10-12)18-14(17)5-4-11-6-8-15-9-7-11/h1-3,10-11,15-16H,4-9H2. The number of hydrogen-bond acceptors (Lipinski definition) is 4. The lowest BCUT2D eigenvalue weighted by Crippen LogP contribution is -2.28. The Hall–Kier alpha value is -1.55. The van der Waals surface area contributed by atoms with E-state index in [1.54, 1.807) is 18.2 Å². The van der Waals surface area contributed by atoms with Gasteiger partial charge in [-0.2, -0.15) is 0 Å². The van der Waals surface area contributed by atoms with E-state index in [0.29, 0.717) is 18.1 Å². The van der Waals surface area contributed by atoms with Crippen LogP contribution in [-0.4, -0.2) is 24.2 Å². The first-order chi connectivity index (χ1) is 8.74. The molecule has 1 saturated heterocycles. The average Bonchev–Trinajstić information content (AvgIpc) is 2.38. The summed E-state index contributed by atoms with van der Waals surface area (Å²) in [6.07, 6.45) is 3.61. The van der Waals surface area contributed by atoms with Crippen molar-refractivity contribution in [2.24, 2.45) is 5.92 Å². The van der Waals surface area contributed by atoms with Gasteiger partial charge in [-0.25, -0.2) is 0 Å². The fourth-order valence-electron chi connectivity index (χ4n) is 2.22. The van der Waals surface area contributed by atoms with Crippen molar-refractivity contribution < 1.29 is 14.6 Å². The van der Waals surface area contributed by atoms with Gasteiger partial charge in [0.1, 0.15) is 11.5 Å². The number of ether oxygens (including phenoxy) is 1. The van der Waals surface area contributed by atoms with Gasteiger partial charge in [0, 0.05) is 12.5 Å². The van der Waals surface area contributed by atoms with Gasteiger partial charge in [0.15, 0.2) is 0 Å². The van der Waals surface area contributed by atoms with E-state index in [-0.39, 0.29) is 11.7 Å². The molecule has 4 nitrogen and oxygen atoms in total. The van der Waals surface area contributed by atoms with Gasteiger partial charge in [0.2, 0.25) is 0 Å². The van der Waals surface area contributed by atoms with Gasteiger partial charge >= 0.3 is 5.97 Å². The monoisotopic (exact) mass is 249 g/mol. The molecule has 98 valence electrons. The van der Waals surface area contributed by atoms with Crippen molar-refractivity contribution in [3.8, 4) is 11.5 Å². The molecule has 0 radical (unpaired) electrons. The van der Waals surface area contributed by atoms with Crippen LogP contribution >= 0.6 is 0 Å². The van der Waals surface area contributed by atoms with E-state index in [9.17, 15) is 9.90 Å². The van der Waals surface area contributed by atoms with Crippen LogP contribution in [0.3, 0.4) is 0 Å². The first-order valence-electron chi connectivity index (χ1n) is 6.44. The molecule has 1 aromatic carbocycles. The third kappa shape index (κ3) is 4.04. The Morgan fingerprint density at radius 1 is 1.39 bits per heavy atom. The summed E-state index contributed by atoms with van der Waals surface area (Å²) in [7, 11) is 0. The zero-order chi connectivity index (χ0) is 12.8. The number of hydrogen-bond donors (Lipinski definition) is 2. The Bertz CT molecular complexity index is 400. The number of phenols is 1. The third-order valence-corrected chi connectivity index (χ3v) is 3.26. The van der Waals surface area contributed by atoms with E-state index >= 15 is 0 Å². The molecule has 4 heteroatoms. The van der Waals surface area contributed by atoms with Crippen LogP contribution in [0.4, 0.5) is 0 Å². The van der Waals surface area contributed by atoms with Crippen LogP contribution in [0.15, 0.2) is 24.3 Å². The summed E-state index contributed by atoms with van der Waals surface area (Å²) in [4.78, 5) is 11.6. The normalized spacial score (nSPS) is 16.4. The maximum atomic E-state index is 11.6. The van der Waals surface area contributed by atoms with E-state index in [2.05, 4.69) is 5.32 Å². The fraction of sp³-hybridized carbons (Fsp3) is 0.500. The molecular formula is C14H19NO3. The molecule has 0 unspecified atom stereocenters. The molecule has 2 N–H and O–H groups in total. The topological polar surface area (TPSA) is 58.6 Å². The second kappa shape index (κ2) is 6.40. The van der Waals surface area contributed by atoms with E-state index < -0.39 is 0 Å². The molecule has 0 aromatic heterocycles. The van der Waals surface area contributed by atoms with Crippen LogP contribution in [0, 0.1) is 5.92 Å². The smallest absolute Gasteiger partial charge is 0.311 e. The van der Waals surface area contributed by atoms with Crippen LogP contribution in [-0.2, 0) is 4.79 Å². The molecule has 0 saturated carbocycles. The molecule has 1 aromatic rings. The largest absolute Gasteiger partial charge is 0.508 e. The van der Waals surface area contributed by atoms with Gasteiger partial charge in [-0.15, -0.1) is 0 Å². The summed E-state index contributed by atoms with van der Waals surface area (Å²) in [5, 5.41) is 12.6. The Morgan fingerprint density at radius 3 is 2.89 bits per heavy atom. The zero-order valence-corrected chi connectivity index (χ0v) is 10.4. The SMILES string of the molecule is O=C(CCC1CCNCC1)Oc1cccc(O)c1. The Morgan fingerprint density at radius 2 is 2.17 bits per heavy atom. The highest BCUT2D eigenvalue weighted by Gasteiger charge is 2.15. The highest BCUT2D eigenvalue weighted by molar-refractivity contribution is 5.72. The molecule has 0 amide bonds. The predicted octanol–water partition coefficient (Wildman–Crippen LogP) is 2.08. The summed E-state index contributed by atoms with van der Waals surface area (Å²) in [5.41, 5.74) is 0. The highest BCUT2D eigenvalue weighted by Crippen LogP contribution is 2.20. The van der Waals surface area contributed by atoms with Crippen LogP contribution in [0.25, 0.3) is 0 Å². The number of carbonyl (C=O) groups is 1. The first-order valence-corrected chi connectivity index (χ1v) is 6.44. The Kier molecular flexibility index (Phi) is 4.59. The molecule has 1 fully saturated rings. The molecule has 18 heavy (non-hydrogen) atoms. The Balaban J connectivity index is 1.74. The number of esters is 1. The number of nitrogens with one attached hydrogen (secondary N) is 1. The van der Waals surface area contributed by atoms with Crippen molar-refractivity contribution in [1.82, 2.24) is 5.32 Å². The van der Waals surface area contributed by atoms with Crippen molar-refractivity contribution >= 4 is 5.97 Å². The van der Waals surface area contributed by atoms with E-state index in [4.69, 9.17) is 4.74 Å². The lowest BCUT2D eigenvalue weighted by atomic mass is 9.93. The van der Waals surface area contributed by atoms with Crippen molar-refractivity contribution in [1.29, 1.82) is 0 Å². The minimum absolute atomic E-state index is 0.110. The predicted molar refractivity (Wildman–Crippen MR) is 68.6 cm³/mol. The van der Waals surface area contributed by atoms with E-state index in [1.807, 2.05) is 0 Å². The van der Waals surface area contributed by atoms with Crippen LogP contribution in [0.5, 0.6) is 11.5 Å². The summed E-state index contributed by atoms with van der Waals surface area (Å²) in [5.74, 6) is 0.922. The number of carbonyl (C=O) groups excluding carboxylic acids is 1.